The van der Waals surface area contributed by atoms with Crippen molar-refractivity contribution >= 4 is 17.3 Å². The van der Waals surface area contributed by atoms with Gasteiger partial charge in [-0.05, 0) is 30.7 Å². The van der Waals surface area contributed by atoms with E-state index in [2.05, 4.69) is 6.07 Å². The predicted octanol–water partition coefficient (Wildman–Crippen LogP) is 3.89. The Morgan fingerprint density at radius 2 is 2.06 bits per heavy atom. The van der Waals surface area contributed by atoms with E-state index in [1.54, 1.807) is 24.3 Å². The van der Waals surface area contributed by atoms with E-state index < -0.39 is 0 Å². The number of nitrogen functional groups attached to an aromatic ring is 1. The SMILES string of the molecule is Cc1cccc(C#N)c1Oc1cc(Cl)ccc1N. The van der Waals surface area contributed by atoms with E-state index >= 15 is 0 Å². The quantitative estimate of drug-likeness (QED) is 0.831. The van der Waals surface area contributed by atoms with Crippen LogP contribution in [0.25, 0.3) is 0 Å². The average molecular weight is 259 g/mol. The summed E-state index contributed by atoms with van der Waals surface area (Å²) in [6.45, 7) is 1.87. The van der Waals surface area contributed by atoms with Crippen molar-refractivity contribution in [2.45, 2.75) is 6.92 Å². The molecule has 0 amide bonds. The van der Waals surface area contributed by atoms with Crippen molar-refractivity contribution in [1.82, 2.24) is 0 Å². The Hall–Kier alpha value is -2.18. The number of rotatable bonds is 2. The van der Waals surface area contributed by atoms with E-state index in [0.29, 0.717) is 27.8 Å². The normalized spacial score (nSPS) is 9.83. The standard InChI is InChI=1S/C14H11ClN2O/c1-9-3-2-4-10(8-16)14(9)18-13-7-11(15)5-6-12(13)17/h2-7H,17H2,1H3. The molecule has 0 aliphatic heterocycles. The van der Waals surface area contributed by atoms with Crippen LogP contribution in [0, 0.1) is 18.3 Å². The second kappa shape index (κ2) is 4.99. The molecule has 0 saturated heterocycles. The number of halogens is 1. The lowest BCUT2D eigenvalue weighted by atomic mass is 10.1. The Balaban J connectivity index is 2.46. The molecule has 2 rings (SSSR count). The van der Waals surface area contributed by atoms with E-state index in [4.69, 9.17) is 27.3 Å². The lowest BCUT2D eigenvalue weighted by Crippen LogP contribution is -1.95. The molecule has 2 aromatic rings. The summed E-state index contributed by atoms with van der Waals surface area (Å²) in [6, 6.07) is 12.5. The highest BCUT2D eigenvalue weighted by Gasteiger charge is 2.10. The largest absolute Gasteiger partial charge is 0.453 e. The molecule has 4 heteroatoms. The fourth-order valence-corrected chi connectivity index (χ4v) is 1.74. The first kappa shape index (κ1) is 12.3. The Labute approximate surface area is 110 Å². The molecular weight excluding hydrogens is 248 g/mol. The van der Waals surface area contributed by atoms with Crippen LogP contribution in [0.5, 0.6) is 11.5 Å². The smallest absolute Gasteiger partial charge is 0.151 e. The lowest BCUT2D eigenvalue weighted by molar-refractivity contribution is 0.479. The molecule has 0 unspecified atom stereocenters. The third kappa shape index (κ3) is 2.39. The third-order valence-electron chi connectivity index (χ3n) is 2.52. The second-order valence-electron chi connectivity index (χ2n) is 3.85. The lowest BCUT2D eigenvalue weighted by Gasteiger charge is -2.12. The van der Waals surface area contributed by atoms with Crippen LogP contribution in [-0.4, -0.2) is 0 Å². The number of anilines is 1. The van der Waals surface area contributed by atoms with Crippen molar-refractivity contribution in [3.8, 4) is 17.6 Å². The van der Waals surface area contributed by atoms with Crippen LogP contribution < -0.4 is 10.5 Å². The summed E-state index contributed by atoms with van der Waals surface area (Å²) in [5.74, 6) is 0.960. The van der Waals surface area contributed by atoms with Gasteiger partial charge in [-0.15, -0.1) is 0 Å². The fourth-order valence-electron chi connectivity index (χ4n) is 1.58. The number of hydrogen-bond donors (Lipinski definition) is 1. The molecule has 0 atom stereocenters. The fraction of sp³-hybridized carbons (Fsp3) is 0.0714. The Bertz CT molecular complexity index is 632. The van der Waals surface area contributed by atoms with Crippen LogP contribution in [0.1, 0.15) is 11.1 Å². The molecule has 0 aliphatic rings. The molecular formula is C14H11ClN2O. The van der Waals surface area contributed by atoms with Crippen molar-refractivity contribution in [2.75, 3.05) is 5.73 Å². The van der Waals surface area contributed by atoms with Gasteiger partial charge in [-0.25, -0.2) is 0 Å². The molecule has 2 aromatic carbocycles. The van der Waals surface area contributed by atoms with Crippen LogP contribution in [0.3, 0.4) is 0 Å². The average Bonchev–Trinajstić information content (AvgIpc) is 2.36. The van der Waals surface area contributed by atoms with Crippen LogP contribution in [0.4, 0.5) is 5.69 Å². The van der Waals surface area contributed by atoms with Crippen LogP contribution >= 0.6 is 11.6 Å². The highest BCUT2D eigenvalue weighted by atomic mass is 35.5. The van der Waals surface area contributed by atoms with Gasteiger partial charge < -0.3 is 10.5 Å². The summed E-state index contributed by atoms with van der Waals surface area (Å²) in [5.41, 5.74) is 7.63. The zero-order chi connectivity index (χ0) is 13.1. The summed E-state index contributed by atoms with van der Waals surface area (Å²) in [6.07, 6.45) is 0. The maximum absolute atomic E-state index is 9.06. The minimum Gasteiger partial charge on any atom is -0.453 e. The van der Waals surface area contributed by atoms with Gasteiger partial charge in [0, 0.05) is 11.1 Å². The van der Waals surface area contributed by atoms with E-state index in [1.807, 2.05) is 19.1 Å². The van der Waals surface area contributed by atoms with Gasteiger partial charge in [0.25, 0.3) is 0 Å². The van der Waals surface area contributed by atoms with E-state index in [-0.39, 0.29) is 0 Å². The molecule has 0 spiro atoms. The van der Waals surface area contributed by atoms with Crippen molar-refractivity contribution in [3.63, 3.8) is 0 Å². The molecule has 0 saturated carbocycles. The molecule has 0 aromatic heterocycles. The number of nitrogens with two attached hydrogens (primary N) is 1. The number of benzene rings is 2. The van der Waals surface area contributed by atoms with E-state index in [1.165, 1.54) is 0 Å². The van der Waals surface area contributed by atoms with Gasteiger partial charge in [-0.2, -0.15) is 5.26 Å². The predicted molar refractivity (Wildman–Crippen MR) is 71.8 cm³/mol. The number of hydrogen-bond acceptors (Lipinski definition) is 3. The molecule has 18 heavy (non-hydrogen) atoms. The van der Waals surface area contributed by atoms with Crippen LogP contribution in [0.15, 0.2) is 36.4 Å². The first-order valence-corrected chi connectivity index (χ1v) is 5.72. The molecule has 2 N–H and O–H groups in total. The van der Waals surface area contributed by atoms with Gasteiger partial charge in [0.1, 0.15) is 11.8 Å². The van der Waals surface area contributed by atoms with Crippen molar-refractivity contribution < 1.29 is 4.74 Å². The zero-order valence-corrected chi connectivity index (χ0v) is 10.5. The van der Waals surface area contributed by atoms with Crippen molar-refractivity contribution in [3.05, 3.63) is 52.5 Å². The number of nitriles is 1. The van der Waals surface area contributed by atoms with Gasteiger partial charge >= 0.3 is 0 Å². The monoisotopic (exact) mass is 258 g/mol. The summed E-state index contributed by atoms with van der Waals surface area (Å²) in [5, 5.41) is 9.59. The molecule has 90 valence electrons. The first-order chi connectivity index (χ1) is 8.61. The molecule has 0 heterocycles. The summed E-state index contributed by atoms with van der Waals surface area (Å²) in [7, 11) is 0. The number of nitrogens with zero attached hydrogens (tertiary/aromatic N) is 1. The van der Waals surface area contributed by atoms with Gasteiger partial charge in [-0.3, -0.25) is 0 Å². The van der Waals surface area contributed by atoms with E-state index in [0.717, 1.165) is 5.56 Å². The van der Waals surface area contributed by atoms with Crippen LogP contribution in [0.2, 0.25) is 5.02 Å². The Morgan fingerprint density at radius 3 is 2.78 bits per heavy atom. The number of para-hydroxylation sites is 1. The summed E-state index contributed by atoms with van der Waals surface area (Å²) < 4.78 is 5.71. The maximum atomic E-state index is 9.06. The van der Waals surface area contributed by atoms with Gasteiger partial charge in [0.05, 0.1) is 11.3 Å². The second-order valence-corrected chi connectivity index (χ2v) is 4.28. The zero-order valence-electron chi connectivity index (χ0n) is 9.77. The van der Waals surface area contributed by atoms with Gasteiger partial charge in [0.2, 0.25) is 0 Å². The maximum Gasteiger partial charge on any atom is 0.151 e. The van der Waals surface area contributed by atoms with E-state index in [9.17, 15) is 0 Å². The first-order valence-electron chi connectivity index (χ1n) is 5.34. The number of ether oxygens (including phenoxy) is 1. The Morgan fingerprint density at radius 1 is 1.28 bits per heavy atom. The minimum absolute atomic E-state index is 0.452. The number of aryl methyl sites for hydroxylation is 1. The van der Waals surface area contributed by atoms with Crippen molar-refractivity contribution in [1.29, 1.82) is 5.26 Å². The third-order valence-corrected chi connectivity index (χ3v) is 2.76. The molecule has 0 aliphatic carbocycles. The molecule has 3 nitrogen and oxygen atoms in total. The molecule has 0 bridgehead atoms. The summed E-state index contributed by atoms with van der Waals surface area (Å²) >= 11 is 5.90. The summed E-state index contributed by atoms with van der Waals surface area (Å²) in [4.78, 5) is 0. The van der Waals surface area contributed by atoms with Gasteiger partial charge in [0.15, 0.2) is 5.75 Å². The highest BCUT2D eigenvalue weighted by molar-refractivity contribution is 6.30. The minimum atomic E-state index is 0.452. The van der Waals surface area contributed by atoms with Crippen LogP contribution in [-0.2, 0) is 0 Å². The van der Waals surface area contributed by atoms with Crippen molar-refractivity contribution in [2.24, 2.45) is 0 Å². The molecule has 0 fully saturated rings. The van der Waals surface area contributed by atoms with Gasteiger partial charge in [-0.1, -0.05) is 23.7 Å². The molecule has 0 radical (unpaired) electrons. The highest BCUT2D eigenvalue weighted by Crippen LogP contribution is 2.33. The topological polar surface area (TPSA) is 59.0 Å². The Kier molecular flexibility index (Phi) is 3.40.